The summed E-state index contributed by atoms with van der Waals surface area (Å²) in [4.78, 5) is 51.3. The molecule has 2 amide bonds. The van der Waals surface area contributed by atoms with Crippen LogP contribution in [0.15, 0.2) is 64.0 Å². The smallest absolute Gasteiger partial charge is 0.434 e. The van der Waals surface area contributed by atoms with Crippen LogP contribution >= 0.6 is 0 Å². The number of carboxylic acids is 2. The Morgan fingerprint density at radius 3 is 2.29 bits per heavy atom. The summed E-state index contributed by atoms with van der Waals surface area (Å²) in [7, 11) is 0. The zero-order valence-corrected chi connectivity index (χ0v) is 20.3. The molecular weight excluding hydrogens is 496 g/mol. The maximum atomic E-state index is 12.2. The number of ether oxygens (including phenoxy) is 2. The SMILES string of the molecule is CCOC(=O)N=c1ccc2c(-c3ccc(C(=O)O)cc3C(=O)O)c3ccc(NC(=O)OCC)cc3oc-2c1. The number of carbonyl (C=O) groups excluding carboxylic acids is 2. The van der Waals surface area contributed by atoms with Gasteiger partial charge in [-0.3, -0.25) is 5.32 Å². The Morgan fingerprint density at radius 2 is 1.61 bits per heavy atom. The first-order chi connectivity index (χ1) is 18.2. The zero-order valence-electron chi connectivity index (χ0n) is 20.3. The number of aromatic carboxylic acids is 2. The molecule has 2 aromatic rings. The summed E-state index contributed by atoms with van der Waals surface area (Å²) in [5, 5.41) is 22.6. The Balaban J connectivity index is 2.03. The Bertz CT molecular complexity index is 1620. The summed E-state index contributed by atoms with van der Waals surface area (Å²) in [5.41, 5.74) is 1.39. The monoisotopic (exact) mass is 518 g/mol. The second-order valence-electron chi connectivity index (χ2n) is 7.90. The number of amides is 2. The Labute approximate surface area is 215 Å². The van der Waals surface area contributed by atoms with E-state index in [4.69, 9.17) is 13.9 Å². The highest BCUT2D eigenvalue weighted by atomic mass is 16.5. The second kappa shape index (κ2) is 10.8. The largest absolute Gasteiger partial charge is 0.478 e. The summed E-state index contributed by atoms with van der Waals surface area (Å²) < 4.78 is 15.9. The van der Waals surface area contributed by atoms with E-state index in [1.807, 2.05) is 0 Å². The number of hydrogen-bond acceptors (Lipinski definition) is 7. The van der Waals surface area contributed by atoms with Gasteiger partial charge in [-0.15, -0.1) is 0 Å². The Kier molecular flexibility index (Phi) is 7.38. The van der Waals surface area contributed by atoms with Gasteiger partial charge in [0.1, 0.15) is 11.3 Å². The van der Waals surface area contributed by atoms with Crippen LogP contribution in [0, 0.1) is 0 Å². The van der Waals surface area contributed by atoms with Crippen molar-refractivity contribution >= 4 is 40.8 Å². The maximum absolute atomic E-state index is 12.2. The second-order valence-corrected chi connectivity index (χ2v) is 7.90. The first kappa shape index (κ1) is 25.9. The molecule has 3 N–H and O–H groups in total. The molecule has 0 bridgehead atoms. The highest BCUT2D eigenvalue weighted by Gasteiger charge is 2.23. The molecule has 1 aliphatic heterocycles. The van der Waals surface area contributed by atoms with E-state index in [-0.39, 0.29) is 46.6 Å². The van der Waals surface area contributed by atoms with Crippen molar-refractivity contribution in [2.75, 3.05) is 18.5 Å². The van der Waals surface area contributed by atoms with Crippen LogP contribution in [0.3, 0.4) is 0 Å². The van der Waals surface area contributed by atoms with Crippen molar-refractivity contribution in [3.8, 4) is 22.5 Å². The number of carbonyl (C=O) groups is 4. The fraction of sp³-hybridized carbons (Fsp3) is 0.148. The van der Waals surface area contributed by atoms with Gasteiger partial charge in [-0.05, 0) is 55.8 Å². The van der Waals surface area contributed by atoms with E-state index in [9.17, 15) is 29.4 Å². The third-order valence-corrected chi connectivity index (χ3v) is 5.48. The molecule has 0 saturated heterocycles. The minimum absolute atomic E-state index is 0.148. The lowest BCUT2D eigenvalue weighted by atomic mass is 9.90. The van der Waals surface area contributed by atoms with E-state index in [1.165, 1.54) is 24.3 Å². The molecule has 0 atom stereocenters. The van der Waals surface area contributed by atoms with Gasteiger partial charge in [0.05, 0.1) is 29.7 Å². The van der Waals surface area contributed by atoms with E-state index in [0.717, 1.165) is 6.07 Å². The number of fused-ring (bicyclic) bond motifs is 2. The van der Waals surface area contributed by atoms with Gasteiger partial charge < -0.3 is 24.1 Å². The number of benzene rings is 3. The van der Waals surface area contributed by atoms with Crippen molar-refractivity contribution in [2.24, 2.45) is 4.99 Å². The zero-order chi connectivity index (χ0) is 27.4. The van der Waals surface area contributed by atoms with Crippen LogP contribution in [-0.4, -0.2) is 47.6 Å². The van der Waals surface area contributed by atoms with Gasteiger partial charge in [0.25, 0.3) is 0 Å². The lowest BCUT2D eigenvalue weighted by molar-refractivity contribution is 0.0696. The number of rotatable bonds is 6. The summed E-state index contributed by atoms with van der Waals surface area (Å²) in [6.07, 6.45) is -1.45. The van der Waals surface area contributed by atoms with Crippen molar-refractivity contribution in [3.63, 3.8) is 0 Å². The van der Waals surface area contributed by atoms with Crippen LogP contribution in [-0.2, 0) is 9.47 Å². The third-order valence-electron chi connectivity index (χ3n) is 5.48. The van der Waals surface area contributed by atoms with Crippen molar-refractivity contribution in [2.45, 2.75) is 13.8 Å². The topological polar surface area (TPSA) is 165 Å². The summed E-state index contributed by atoms with van der Waals surface area (Å²) in [5.74, 6) is -2.33. The fourth-order valence-electron chi connectivity index (χ4n) is 3.93. The van der Waals surface area contributed by atoms with Gasteiger partial charge in [-0.1, -0.05) is 6.07 Å². The molecule has 11 nitrogen and oxygen atoms in total. The molecule has 11 heteroatoms. The molecule has 4 rings (SSSR count). The minimum Gasteiger partial charge on any atom is -0.478 e. The van der Waals surface area contributed by atoms with Gasteiger partial charge >= 0.3 is 24.1 Å². The molecule has 194 valence electrons. The van der Waals surface area contributed by atoms with E-state index < -0.39 is 24.1 Å². The first-order valence-electron chi connectivity index (χ1n) is 11.5. The van der Waals surface area contributed by atoms with Crippen molar-refractivity contribution < 1.29 is 43.3 Å². The highest BCUT2D eigenvalue weighted by molar-refractivity contribution is 6.09. The lowest BCUT2D eigenvalue weighted by Gasteiger charge is -2.18. The molecular formula is C27H22N2O9. The average molecular weight is 518 g/mol. The van der Waals surface area contributed by atoms with Gasteiger partial charge in [0, 0.05) is 34.3 Å². The Morgan fingerprint density at radius 1 is 0.868 bits per heavy atom. The van der Waals surface area contributed by atoms with Crippen LogP contribution in [0.4, 0.5) is 15.3 Å². The van der Waals surface area contributed by atoms with E-state index in [2.05, 4.69) is 10.3 Å². The molecule has 0 radical (unpaired) electrons. The van der Waals surface area contributed by atoms with Gasteiger partial charge in [-0.2, -0.15) is 4.99 Å². The Hall–Kier alpha value is -5.19. The molecule has 0 unspecified atom stereocenters. The number of nitrogens with zero attached hydrogens (tertiary/aromatic N) is 1. The van der Waals surface area contributed by atoms with Gasteiger partial charge in [-0.25, -0.2) is 19.2 Å². The van der Waals surface area contributed by atoms with Crippen LogP contribution in [0.25, 0.3) is 33.4 Å². The highest BCUT2D eigenvalue weighted by Crippen LogP contribution is 2.42. The number of hydrogen-bond donors (Lipinski definition) is 3. The first-order valence-corrected chi connectivity index (χ1v) is 11.5. The summed E-state index contributed by atoms with van der Waals surface area (Å²) in [6.45, 7) is 3.65. The van der Waals surface area contributed by atoms with E-state index in [0.29, 0.717) is 22.2 Å². The van der Waals surface area contributed by atoms with Crippen LogP contribution < -0.4 is 10.7 Å². The number of nitrogens with one attached hydrogen (secondary N) is 1. The van der Waals surface area contributed by atoms with E-state index >= 15 is 0 Å². The standard InChI is InChI=1S/C27H22N2O9/c1-3-36-26(34)28-15-6-9-18-21(12-15)38-22-13-16(29-27(35)37-4-2)7-10-19(22)23(18)17-8-5-14(24(30)31)11-20(17)25(32)33/h5-13H,3-4H2,1-2H3,(H,28,34)(H,30,31)(H,32,33). The summed E-state index contributed by atoms with van der Waals surface area (Å²) >= 11 is 0. The van der Waals surface area contributed by atoms with Gasteiger partial charge in [0.15, 0.2) is 0 Å². The molecule has 0 saturated carbocycles. The quantitative estimate of drug-likeness (QED) is 0.290. The molecule has 38 heavy (non-hydrogen) atoms. The van der Waals surface area contributed by atoms with Crippen molar-refractivity contribution in [1.82, 2.24) is 0 Å². The third kappa shape index (κ3) is 5.31. The molecule has 0 aromatic heterocycles. The predicted molar refractivity (Wildman–Crippen MR) is 135 cm³/mol. The molecule has 0 spiro atoms. The number of carboxylic acid groups (broad SMARTS) is 2. The summed E-state index contributed by atoms with van der Waals surface area (Å²) in [6, 6.07) is 13.3. The molecule has 1 aliphatic carbocycles. The predicted octanol–water partition coefficient (Wildman–Crippen LogP) is 5.23. The van der Waals surface area contributed by atoms with Crippen LogP contribution in [0.2, 0.25) is 0 Å². The van der Waals surface area contributed by atoms with Crippen LogP contribution in [0.5, 0.6) is 0 Å². The van der Waals surface area contributed by atoms with Crippen molar-refractivity contribution in [3.05, 3.63) is 71.1 Å². The van der Waals surface area contributed by atoms with Gasteiger partial charge in [0.2, 0.25) is 0 Å². The lowest BCUT2D eigenvalue weighted by Crippen LogP contribution is -2.13. The van der Waals surface area contributed by atoms with Crippen molar-refractivity contribution in [1.29, 1.82) is 0 Å². The van der Waals surface area contributed by atoms with E-state index in [1.54, 1.807) is 38.1 Å². The normalized spacial score (nSPS) is 11.4. The van der Waals surface area contributed by atoms with Crippen LogP contribution in [0.1, 0.15) is 34.6 Å². The molecule has 1 heterocycles. The number of anilines is 1. The molecule has 2 aromatic carbocycles. The maximum Gasteiger partial charge on any atom is 0.434 e. The average Bonchev–Trinajstić information content (AvgIpc) is 2.87. The molecule has 2 aliphatic rings. The minimum atomic E-state index is -1.32. The fourth-order valence-corrected chi connectivity index (χ4v) is 3.93. The molecule has 0 fully saturated rings.